The Balaban J connectivity index is 1.35. The van der Waals surface area contributed by atoms with Crippen molar-refractivity contribution in [3.8, 4) is 5.75 Å². The van der Waals surface area contributed by atoms with Crippen LogP contribution in [0.5, 0.6) is 5.75 Å². The molecule has 2 aromatic rings. The summed E-state index contributed by atoms with van der Waals surface area (Å²) in [6.45, 7) is 7.91. The molecule has 148 valence electrons. The van der Waals surface area contributed by atoms with Crippen molar-refractivity contribution in [1.29, 1.82) is 0 Å². The fourth-order valence-electron chi connectivity index (χ4n) is 4.59. The predicted octanol–water partition coefficient (Wildman–Crippen LogP) is 2.27. The lowest BCUT2D eigenvalue weighted by Gasteiger charge is -2.27. The molecule has 1 aromatic heterocycles. The highest BCUT2D eigenvalue weighted by Gasteiger charge is 2.24. The van der Waals surface area contributed by atoms with E-state index in [9.17, 15) is 0 Å². The molecule has 3 aliphatic rings. The second-order valence-corrected chi connectivity index (χ2v) is 8.61. The van der Waals surface area contributed by atoms with Crippen LogP contribution in [0, 0.1) is 0 Å². The molecule has 2 fully saturated rings. The van der Waals surface area contributed by atoms with Crippen molar-refractivity contribution in [2.45, 2.75) is 19.3 Å². The van der Waals surface area contributed by atoms with Gasteiger partial charge in [0.25, 0.3) is 0 Å². The van der Waals surface area contributed by atoms with Crippen LogP contribution in [0.4, 0.5) is 0 Å². The molecule has 0 amide bonds. The minimum atomic E-state index is 0.774. The molecule has 3 aliphatic heterocycles. The molecular formula is C23H28N2O2S. The molecule has 0 saturated carbocycles. The van der Waals surface area contributed by atoms with E-state index in [1.807, 2.05) is 0 Å². The molecule has 0 unspecified atom stereocenters. The second kappa shape index (κ2) is 8.27. The van der Waals surface area contributed by atoms with Crippen LogP contribution >= 0.6 is 11.3 Å². The van der Waals surface area contributed by atoms with Crippen molar-refractivity contribution in [1.82, 2.24) is 9.80 Å². The zero-order valence-electron chi connectivity index (χ0n) is 16.4. The smallest absolute Gasteiger partial charge is 0.119 e. The summed E-state index contributed by atoms with van der Waals surface area (Å²) in [5, 5.41) is 7.23. The van der Waals surface area contributed by atoms with E-state index in [4.69, 9.17) is 9.47 Å². The van der Waals surface area contributed by atoms with Crippen molar-refractivity contribution in [3.05, 3.63) is 51.0 Å². The first-order valence-corrected chi connectivity index (χ1v) is 11.4. The Morgan fingerprint density at radius 2 is 2.00 bits per heavy atom. The van der Waals surface area contributed by atoms with Crippen LogP contribution < -0.4 is 15.2 Å². The highest BCUT2D eigenvalue weighted by Crippen LogP contribution is 2.27. The summed E-state index contributed by atoms with van der Waals surface area (Å²) in [6.07, 6.45) is 3.51. The van der Waals surface area contributed by atoms with Gasteiger partial charge in [-0.3, -0.25) is 4.90 Å². The molecule has 5 heteroatoms. The average molecular weight is 397 g/mol. The Morgan fingerprint density at radius 1 is 1.07 bits per heavy atom. The maximum Gasteiger partial charge on any atom is 0.119 e. The summed E-state index contributed by atoms with van der Waals surface area (Å²) in [4.78, 5) is 5.03. The highest BCUT2D eigenvalue weighted by atomic mass is 32.1. The van der Waals surface area contributed by atoms with Gasteiger partial charge in [-0.2, -0.15) is 11.3 Å². The third-order valence-corrected chi connectivity index (χ3v) is 6.74. The van der Waals surface area contributed by atoms with Crippen LogP contribution in [0.1, 0.15) is 24.8 Å². The summed E-state index contributed by atoms with van der Waals surface area (Å²) >= 11 is 1.78. The lowest BCUT2D eigenvalue weighted by molar-refractivity contribution is 0.0358. The minimum Gasteiger partial charge on any atom is -0.494 e. The van der Waals surface area contributed by atoms with Crippen molar-refractivity contribution >= 4 is 22.6 Å². The van der Waals surface area contributed by atoms with E-state index in [0.29, 0.717) is 0 Å². The molecule has 0 atom stereocenters. The summed E-state index contributed by atoms with van der Waals surface area (Å²) in [5.74, 6) is 1.01. The number of morpholine rings is 1. The van der Waals surface area contributed by atoms with Gasteiger partial charge < -0.3 is 14.4 Å². The Morgan fingerprint density at radius 3 is 2.86 bits per heavy atom. The van der Waals surface area contributed by atoms with Crippen LogP contribution in [-0.4, -0.2) is 62.3 Å². The highest BCUT2D eigenvalue weighted by molar-refractivity contribution is 7.08. The van der Waals surface area contributed by atoms with Gasteiger partial charge in [0.1, 0.15) is 5.75 Å². The molecule has 0 bridgehead atoms. The van der Waals surface area contributed by atoms with E-state index in [-0.39, 0.29) is 0 Å². The first-order chi connectivity index (χ1) is 13.9. The summed E-state index contributed by atoms with van der Waals surface area (Å²) in [5.41, 5.74) is 4.34. The third-order valence-electron chi connectivity index (χ3n) is 6.06. The largest absolute Gasteiger partial charge is 0.494 e. The Kier molecular flexibility index (Phi) is 5.39. The van der Waals surface area contributed by atoms with Crippen LogP contribution in [0.15, 0.2) is 35.0 Å². The van der Waals surface area contributed by atoms with Crippen molar-refractivity contribution in [2.24, 2.45) is 0 Å². The van der Waals surface area contributed by atoms with Gasteiger partial charge in [0.05, 0.1) is 19.8 Å². The van der Waals surface area contributed by atoms with Crippen molar-refractivity contribution < 1.29 is 9.47 Å². The van der Waals surface area contributed by atoms with Crippen LogP contribution in [0.2, 0.25) is 0 Å². The monoisotopic (exact) mass is 396 g/mol. The van der Waals surface area contributed by atoms with Gasteiger partial charge in [0.15, 0.2) is 0 Å². The molecule has 4 nitrogen and oxygen atoms in total. The Hall–Kier alpha value is -1.82. The van der Waals surface area contributed by atoms with Gasteiger partial charge in [-0.15, -0.1) is 0 Å². The molecule has 4 heterocycles. The number of thiophene rings is 1. The first-order valence-electron chi connectivity index (χ1n) is 10.5. The summed E-state index contributed by atoms with van der Waals surface area (Å²) < 4.78 is 11.6. The van der Waals surface area contributed by atoms with Gasteiger partial charge in [-0.25, -0.2) is 0 Å². The molecule has 5 rings (SSSR count). The van der Waals surface area contributed by atoms with Crippen molar-refractivity contribution in [2.75, 3.05) is 52.5 Å². The fourth-order valence-corrected chi connectivity index (χ4v) is 5.26. The average Bonchev–Trinajstić information content (AvgIpc) is 3.43. The number of benzene rings is 1. The Labute approximate surface area is 170 Å². The van der Waals surface area contributed by atoms with E-state index in [1.54, 1.807) is 11.3 Å². The van der Waals surface area contributed by atoms with E-state index in [2.05, 4.69) is 44.8 Å². The quantitative estimate of drug-likeness (QED) is 0.700. The van der Waals surface area contributed by atoms with E-state index in [1.165, 1.54) is 46.7 Å². The van der Waals surface area contributed by atoms with Gasteiger partial charge in [-0.05, 0) is 64.6 Å². The normalized spacial score (nSPS) is 19.6. The molecule has 28 heavy (non-hydrogen) atoms. The lowest BCUT2D eigenvalue weighted by Crippen LogP contribution is -2.41. The summed E-state index contributed by atoms with van der Waals surface area (Å²) in [6, 6.07) is 8.97. The van der Waals surface area contributed by atoms with Crippen molar-refractivity contribution in [3.63, 3.8) is 0 Å². The Bertz CT molecular complexity index is 932. The van der Waals surface area contributed by atoms with Crippen LogP contribution in [0.25, 0.3) is 11.3 Å². The van der Waals surface area contributed by atoms with E-state index < -0.39 is 0 Å². The van der Waals surface area contributed by atoms with Gasteiger partial charge >= 0.3 is 0 Å². The molecule has 0 spiro atoms. The SMILES string of the molecule is c1cc(C2=c3ccc(OCCCN4CCOCC4)cc3=C3CCCN3C2)cs1. The second-order valence-electron chi connectivity index (χ2n) is 7.83. The zero-order chi connectivity index (χ0) is 18.8. The van der Waals surface area contributed by atoms with E-state index >= 15 is 0 Å². The fraction of sp³-hybridized carbons (Fsp3) is 0.478. The van der Waals surface area contributed by atoms with Crippen LogP contribution in [0.3, 0.4) is 0 Å². The topological polar surface area (TPSA) is 24.9 Å². The van der Waals surface area contributed by atoms with Gasteiger partial charge in [-0.1, -0.05) is 6.07 Å². The number of fused-ring (bicyclic) bond motifs is 2. The third kappa shape index (κ3) is 3.71. The molecule has 0 N–H and O–H groups in total. The molecule has 1 aromatic carbocycles. The lowest BCUT2D eigenvalue weighted by atomic mass is 9.99. The molecule has 0 radical (unpaired) electrons. The molecular weight excluding hydrogens is 368 g/mol. The molecule has 2 saturated heterocycles. The number of hydrogen-bond donors (Lipinski definition) is 0. The van der Waals surface area contributed by atoms with Gasteiger partial charge in [0.2, 0.25) is 0 Å². The number of nitrogens with zero attached hydrogens (tertiary/aromatic N) is 2. The first kappa shape index (κ1) is 18.2. The van der Waals surface area contributed by atoms with Gasteiger partial charge in [0, 0.05) is 43.6 Å². The summed E-state index contributed by atoms with van der Waals surface area (Å²) in [7, 11) is 0. The zero-order valence-corrected chi connectivity index (χ0v) is 17.2. The number of ether oxygens (including phenoxy) is 2. The predicted molar refractivity (Wildman–Crippen MR) is 114 cm³/mol. The van der Waals surface area contributed by atoms with E-state index in [0.717, 1.165) is 58.2 Å². The van der Waals surface area contributed by atoms with Crippen LogP contribution in [-0.2, 0) is 4.74 Å². The maximum atomic E-state index is 6.14. The number of hydrogen-bond acceptors (Lipinski definition) is 5. The standard InChI is InChI=1S/C23H28N2O2S/c1-3-23-21-15-19(27-11-2-7-24-9-12-26-13-10-24)4-5-20(21)22(16-25(23)8-1)18-6-14-28-17-18/h4-6,14-15,17H,1-3,7-13,16H2. The minimum absolute atomic E-state index is 0.774. The molecule has 0 aliphatic carbocycles. The maximum absolute atomic E-state index is 6.14. The number of rotatable bonds is 6.